The van der Waals surface area contributed by atoms with Crippen molar-refractivity contribution >= 4 is 0 Å². The lowest BCUT2D eigenvalue weighted by molar-refractivity contribution is -0.131. The quantitative estimate of drug-likeness (QED) is 0.465. The van der Waals surface area contributed by atoms with Gasteiger partial charge in [0.15, 0.2) is 6.23 Å². The molecule has 1 aliphatic heterocycles. The van der Waals surface area contributed by atoms with Crippen LogP contribution in [-0.2, 0) is 4.74 Å². The normalized spacial score (nSPS) is 33.6. The molecule has 1 fully saturated rings. The lowest BCUT2D eigenvalue weighted by atomic mass is 10.1. The Bertz CT molecular complexity index is 540. The summed E-state index contributed by atoms with van der Waals surface area (Å²) in [5.41, 5.74) is -1.53. The summed E-state index contributed by atoms with van der Waals surface area (Å²) in [7, 11) is 0. The molecule has 2 rings (SSSR count). The Morgan fingerprint density at radius 3 is 2.56 bits per heavy atom. The van der Waals surface area contributed by atoms with Gasteiger partial charge in [-0.1, -0.05) is 0 Å². The second-order valence-electron chi connectivity index (χ2n) is 3.86. The van der Waals surface area contributed by atoms with Gasteiger partial charge in [0.2, 0.25) is 6.36 Å². The second-order valence-corrected chi connectivity index (χ2v) is 3.86. The van der Waals surface area contributed by atoms with E-state index in [4.69, 9.17) is 9.84 Å². The lowest BCUT2D eigenvalue weighted by Crippen LogP contribution is -2.38. The standard InChI is InChI=1S/C9H11FN2O6/c10-7(16)6-4(14)5(15)8(18-6)12-2-1-3(13)11-9(12)17/h1-2,4-8,14-16H,(H,11,13,17)/t4-,5+,6-,7+,8+/m0/s1. The summed E-state index contributed by atoms with van der Waals surface area (Å²) in [6.45, 7) is 0. The minimum absolute atomic E-state index is 0.647. The van der Waals surface area contributed by atoms with Crippen LogP contribution in [0.3, 0.4) is 0 Å². The van der Waals surface area contributed by atoms with Crippen LogP contribution in [0, 0.1) is 0 Å². The van der Waals surface area contributed by atoms with E-state index in [9.17, 15) is 24.2 Å². The van der Waals surface area contributed by atoms with Gasteiger partial charge in [-0.2, -0.15) is 0 Å². The highest BCUT2D eigenvalue weighted by Gasteiger charge is 2.47. The molecule has 0 spiro atoms. The number of aromatic nitrogens is 2. The number of aliphatic hydroxyl groups is 3. The van der Waals surface area contributed by atoms with E-state index in [-0.39, 0.29) is 0 Å². The molecule has 2 heterocycles. The predicted molar refractivity (Wildman–Crippen MR) is 54.4 cm³/mol. The first-order chi connectivity index (χ1) is 8.41. The van der Waals surface area contributed by atoms with Gasteiger partial charge in [0.05, 0.1) is 0 Å². The number of alkyl halides is 1. The van der Waals surface area contributed by atoms with E-state index in [0.717, 1.165) is 16.8 Å². The summed E-state index contributed by atoms with van der Waals surface area (Å²) in [5.74, 6) is 0. The van der Waals surface area contributed by atoms with Crippen LogP contribution in [0.1, 0.15) is 6.23 Å². The Morgan fingerprint density at radius 2 is 2.06 bits per heavy atom. The molecule has 100 valence electrons. The first-order valence-electron chi connectivity index (χ1n) is 5.07. The average Bonchev–Trinajstić information content (AvgIpc) is 2.57. The van der Waals surface area contributed by atoms with Crippen LogP contribution in [0.5, 0.6) is 0 Å². The van der Waals surface area contributed by atoms with Crippen LogP contribution in [0.2, 0.25) is 0 Å². The van der Waals surface area contributed by atoms with Gasteiger partial charge < -0.3 is 20.1 Å². The first-order valence-corrected chi connectivity index (χ1v) is 5.07. The van der Waals surface area contributed by atoms with Gasteiger partial charge in [0, 0.05) is 12.3 Å². The van der Waals surface area contributed by atoms with Crippen LogP contribution in [0.4, 0.5) is 4.39 Å². The number of rotatable bonds is 2. The Kier molecular flexibility index (Phi) is 3.30. The number of aromatic amines is 1. The van der Waals surface area contributed by atoms with Crippen molar-refractivity contribution < 1.29 is 24.4 Å². The molecule has 1 aliphatic rings. The zero-order valence-corrected chi connectivity index (χ0v) is 8.93. The number of halogens is 1. The van der Waals surface area contributed by atoms with Gasteiger partial charge in [0.1, 0.15) is 18.3 Å². The van der Waals surface area contributed by atoms with Crippen molar-refractivity contribution in [1.29, 1.82) is 0 Å². The zero-order valence-electron chi connectivity index (χ0n) is 8.93. The van der Waals surface area contributed by atoms with Gasteiger partial charge >= 0.3 is 5.69 Å². The van der Waals surface area contributed by atoms with E-state index < -0.39 is 42.1 Å². The molecule has 0 aliphatic carbocycles. The number of nitrogens with zero attached hydrogens (tertiary/aromatic N) is 1. The van der Waals surface area contributed by atoms with Crippen LogP contribution < -0.4 is 11.2 Å². The van der Waals surface area contributed by atoms with Crippen LogP contribution in [-0.4, -0.2) is 49.5 Å². The van der Waals surface area contributed by atoms with Crippen molar-refractivity contribution in [2.45, 2.75) is 30.9 Å². The van der Waals surface area contributed by atoms with Gasteiger partial charge in [-0.25, -0.2) is 9.18 Å². The number of nitrogens with one attached hydrogen (secondary N) is 1. The molecular formula is C9H11FN2O6. The monoisotopic (exact) mass is 262 g/mol. The van der Waals surface area contributed by atoms with Crippen LogP contribution >= 0.6 is 0 Å². The number of aliphatic hydroxyl groups excluding tert-OH is 3. The first kappa shape index (κ1) is 12.9. The third-order valence-corrected chi connectivity index (χ3v) is 2.67. The molecule has 0 aromatic carbocycles. The molecule has 1 aromatic rings. The summed E-state index contributed by atoms with van der Waals surface area (Å²) in [6.07, 6.45) is -7.81. The molecular weight excluding hydrogens is 251 g/mol. The van der Waals surface area contributed by atoms with Gasteiger partial charge in [-0.3, -0.25) is 14.3 Å². The third-order valence-electron chi connectivity index (χ3n) is 2.67. The van der Waals surface area contributed by atoms with E-state index in [2.05, 4.69) is 0 Å². The predicted octanol–water partition coefficient (Wildman–Crippen LogP) is -2.56. The minimum Gasteiger partial charge on any atom is -0.387 e. The van der Waals surface area contributed by atoms with Crippen LogP contribution in [0.15, 0.2) is 21.9 Å². The van der Waals surface area contributed by atoms with Crippen LogP contribution in [0.25, 0.3) is 0 Å². The van der Waals surface area contributed by atoms with Crippen molar-refractivity contribution in [3.8, 4) is 0 Å². The topological polar surface area (TPSA) is 125 Å². The minimum atomic E-state index is -2.50. The van der Waals surface area contributed by atoms with E-state index >= 15 is 0 Å². The molecule has 0 unspecified atom stereocenters. The highest BCUT2D eigenvalue weighted by Crippen LogP contribution is 2.30. The lowest BCUT2D eigenvalue weighted by Gasteiger charge is -2.16. The third kappa shape index (κ3) is 2.08. The van der Waals surface area contributed by atoms with Crippen molar-refractivity contribution in [2.75, 3.05) is 0 Å². The molecule has 9 heteroatoms. The largest absolute Gasteiger partial charge is 0.387 e. The highest BCUT2D eigenvalue weighted by atomic mass is 19.1. The molecule has 0 bridgehead atoms. The van der Waals surface area contributed by atoms with Crippen molar-refractivity contribution in [1.82, 2.24) is 9.55 Å². The molecule has 5 atom stereocenters. The molecule has 0 radical (unpaired) electrons. The summed E-state index contributed by atoms with van der Waals surface area (Å²) in [6, 6.07) is 1.00. The Balaban J connectivity index is 2.35. The number of hydrogen-bond acceptors (Lipinski definition) is 6. The summed E-state index contributed by atoms with van der Waals surface area (Å²) in [5, 5.41) is 27.8. The smallest absolute Gasteiger partial charge is 0.330 e. The van der Waals surface area contributed by atoms with Gasteiger partial charge in [-0.15, -0.1) is 0 Å². The molecule has 0 amide bonds. The number of hydrogen-bond donors (Lipinski definition) is 4. The van der Waals surface area contributed by atoms with E-state index in [1.54, 1.807) is 0 Å². The maximum Gasteiger partial charge on any atom is 0.330 e. The van der Waals surface area contributed by atoms with Gasteiger partial charge in [0.25, 0.3) is 5.56 Å². The second kappa shape index (κ2) is 4.61. The number of H-pyrrole nitrogens is 1. The fourth-order valence-corrected chi connectivity index (χ4v) is 1.77. The van der Waals surface area contributed by atoms with E-state index in [1.807, 2.05) is 4.98 Å². The zero-order chi connectivity index (χ0) is 13.4. The fourth-order valence-electron chi connectivity index (χ4n) is 1.77. The average molecular weight is 262 g/mol. The fraction of sp³-hybridized carbons (Fsp3) is 0.556. The van der Waals surface area contributed by atoms with Crippen molar-refractivity contribution in [2.24, 2.45) is 0 Å². The Morgan fingerprint density at radius 1 is 1.39 bits per heavy atom. The number of ether oxygens (including phenoxy) is 1. The summed E-state index contributed by atoms with van der Waals surface area (Å²) >= 11 is 0. The summed E-state index contributed by atoms with van der Waals surface area (Å²) in [4.78, 5) is 24.2. The molecule has 8 nitrogen and oxygen atoms in total. The maximum atomic E-state index is 12.7. The molecule has 1 saturated heterocycles. The van der Waals surface area contributed by atoms with E-state index in [0.29, 0.717) is 0 Å². The SMILES string of the molecule is O=c1ccn([C@@H]2O[C@H]([C@@H](O)F)[C@@H](O)[C@H]2O)c(=O)[nH]1. The molecule has 1 aromatic heterocycles. The summed E-state index contributed by atoms with van der Waals surface area (Å²) < 4.78 is 18.4. The maximum absolute atomic E-state index is 12.7. The Hall–Kier alpha value is -1.55. The molecule has 0 saturated carbocycles. The highest BCUT2D eigenvalue weighted by molar-refractivity contribution is 4.93. The molecule has 4 N–H and O–H groups in total. The Labute approximate surface area is 98.9 Å². The van der Waals surface area contributed by atoms with Crippen molar-refractivity contribution in [3.63, 3.8) is 0 Å². The van der Waals surface area contributed by atoms with Crippen molar-refractivity contribution in [3.05, 3.63) is 33.1 Å². The van der Waals surface area contributed by atoms with Gasteiger partial charge in [-0.05, 0) is 0 Å². The molecule has 18 heavy (non-hydrogen) atoms. The van der Waals surface area contributed by atoms with E-state index in [1.165, 1.54) is 0 Å².